The van der Waals surface area contributed by atoms with Gasteiger partial charge in [0.25, 0.3) is 0 Å². The van der Waals surface area contributed by atoms with Crippen LogP contribution in [-0.4, -0.2) is 31.1 Å². The molecule has 5 nitrogen and oxygen atoms in total. The van der Waals surface area contributed by atoms with Crippen LogP contribution < -0.4 is 10.6 Å². The highest BCUT2D eigenvalue weighted by atomic mass is 16.5. The molecule has 1 aliphatic rings. The van der Waals surface area contributed by atoms with Crippen molar-refractivity contribution in [3.63, 3.8) is 0 Å². The molecule has 2 rings (SSSR count). The molecule has 1 aromatic carbocycles. The van der Waals surface area contributed by atoms with Crippen molar-refractivity contribution in [2.45, 2.75) is 39.3 Å². The molecule has 0 saturated heterocycles. The average Bonchev–Trinajstić information content (AvgIpc) is 3.06. The van der Waals surface area contributed by atoms with Crippen LogP contribution >= 0.6 is 0 Å². The molecule has 0 saturated carbocycles. The van der Waals surface area contributed by atoms with E-state index in [2.05, 4.69) is 34.7 Å². The Hall–Kier alpha value is -2.30. The average molecular weight is 315 g/mol. The Morgan fingerprint density at radius 3 is 2.52 bits per heavy atom. The Labute approximate surface area is 137 Å². The fourth-order valence-electron chi connectivity index (χ4n) is 2.38. The van der Waals surface area contributed by atoms with E-state index in [1.165, 1.54) is 0 Å². The van der Waals surface area contributed by atoms with E-state index >= 15 is 0 Å². The van der Waals surface area contributed by atoms with E-state index in [0.29, 0.717) is 24.8 Å². The van der Waals surface area contributed by atoms with Crippen LogP contribution in [0.5, 0.6) is 0 Å². The smallest absolute Gasteiger partial charge is 0.338 e. The molecule has 0 spiro atoms. The van der Waals surface area contributed by atoms with Crippen LogP contribution in [0.25, 0.3) is 0 Å². The Morgan fingerprint density at radius 2 is 1.91 bits per heavy atom. The van der Waals surface area contributed by atoms with Crippen LogP contribution in [-0.2, 0) is 11.3 Å². The normalized spacial score (nSPS) is 14.8. The fraction of sp³-hybridized carbons (Fsp3) is 0.444. The van der Waals surface area contributed by atoms with Gasteiger partial charge in [-0.2, -0.15) is 0 Å². The number of nitrogens with zero attached hydrogens (tertiary/aromatic N) is 1. The van der Waals surface area contributed by atoms with Crippen molar-refractivity contribution >= 4 is 11.9 Å². The van der Waals surface area contributed by atoms with Gasteiger partial charge in [-0.1, -0.05) is 24.3 Å². The molecule has 124 valence electrons. The summed E-state index contributed by atoms with van der Waals surface area (Å²) >= 11 is 0. The zero-order chi connectivity index (χ0) is 16.5. The number of hydrogen-bond donors (Lipinski definition) is 2. The summed E-state index contributed by atoms with van der Waals surface area (Å²) < 4.78 is 4.98. The van der Waals surface area contributed by atoms with Crippen LogP contribution in [0.4, 0.5) is 0 Å². The molecule has 0 unspecified atom stereocenters. The van der Waals surface area contributed by atoms with Gasteiger partial charge < -0.3 is 15.4 Å². The lowest BCUT2D eigenvalue weighted by Gasteiger charge is -2.16. The lowest BCUT2D eigenvalue weighted by atomic mass is 10.1. The number of ether oxygens (including phenoxy) is 1. The van der Waals surface area contributed by atoms with Crippen LogP contribution in [0.1, 0.15) is 42.6 Å². The van der Waals surface area contributed by atoms with Crippen LogP contribution in [0.3, 0.4) is 0 Å². The third kappa shape index (κ3) is 5.43. The summed E-state index contributed by atoms with van der Waals surface area (Å²) in [6.45, 7) is 5.64. The van der Waals surface area contributed by atoms with Crippen LogP contribution in [0.2, 0.25) is 0 Å². The lowest BCUT2D eigenvalue weighted by Crippen LogP contribution is -2.42. The third-order valence-electron chi connectivity index (χ3n) is 3.58. The second kappa shape index (κ2) is 8.98. The van der Waals surface area contributed by atoms with E-state index < -0.39 is 0 Å². The standard InChI is InChI=1S/C18H25N3O2/c1-3-19-18(21-16-7-5-6-8-16)20-13-14-9-11-15(12-10-14)17(22)23-4-2/h5-6,9-12,16H,3-4,7-8,13H2,1-2H3,(H2,19,20,21). The van der Waals surface area contributed by atoms with Crippen LogP contribution in [0, 0.1) is 0 Å². The Bertz CT molecular complexity index is 556. The molecule has 1 aliphatic carbocycles. The van der Waals surface area contributed by atoms with E-state index in [0.717, 1.165) is 30.9 Å². The van der Waals surface area contributed by atoms with E-state index in [-0.39, 0.29) is 5.97 Å². The van der Waals surface area contributed by atoms with Crippen molar-refractivity contribution in [3.05, 3.63) is 47.5 Å². The highest BCUT2D eigenvalue weighted by Gasteiger charge is 2.11. The van der Waals surface area contributed by atoms with Gasteiger partial charge in [-0.15, -0.1) is 0 Å². The van der Waals surface area contributed by atoms with Gasteiger partial charge in [-0.3, -0.25) is 0 Å². The molecular weight excluding hydrogens is 290 g/mol. The monoisotopic (exact) mass is 315 g/mol. The fourth-order valence-corrected chi connectivity index (χ4v) is 2.38. The Morgan fingerprint density at radius 1 is 1.22 bits per heavy atom. The topological polar surface area (TPSA) is 62.7 Å². The van der Waals surface area contributed by atoms with E-state index in [9.17, 15) is 4.79 Å². The molecule has 0 radical (unpaired) electrons. The summed E-state index contributed by atoms with van der Waals surface area (Å²) in [6.07, 6.45) is 6.46. The summed E-state index contributed by atoms with van der Waals surface area (Å²) in [6, 6.07) is 7.82. The maximum atomic E-state index is 11.6. The van der Waals surface area contributed by atoms with Crippen molar-refractivity contribution in [1.29, 1.82) is 0 Å². The number of carbonyl (C=O) groups excluding carboxylic acids is 1. The number of benzene rings is 1. The maximum Gasteiger partial charge on any atom is 0.338 e. The first kappa shape index (κ1) is 17.1. The Balaban J connectivity index is 1.93. The lowest BCUT2D eigenvalue weighted by molar-refractivity contribution is 0.0526. The maximum absolute atomic E-state index is 11.6. The first-order chi connectivity index (χ1) is 11.2. The van der Waals surface area contributed by atoms with Gasteiger partial charge in [0.15, 0.2) is 5.96 Å². The van der Waals surface area contributed by atoms with Crippen molar-refractivity contribution < 1.29 is 9.53 Å². The zero-order valence-electron chi connectivity index (χ0n) is 13.8. The summed E-state index contributed by atoms with van der Waals surface area (Å²) in [4.78, 5) is 16.2. The molecule has 0 aromatic heterocycles. The van der Waals surface area contributed by atoms with Gasteiger partial charge in [0, 0.05) is 12.6 Å². The number of rotatable bonds is 6. The molecule has 2 N–H and O–H groups in total. The minimum absolute atomic E-state index is 0.286. The number of esters is 1. The van der Waals surface area contributed by atoms with Gasteiger partial charge in [-0.05, 0) is 44.4 Å². The quantitative estimate of drug-likeness (QED) is 0.367. The molecule has 23 heavy (non-hydrogen) atoms. The van der Waals surface area contributed by atoms with Crippen molar-refractivity contribution in [2.24, 2.45) is 4.99 Å². The van der Waals surface area contributed by atoms with Crippen LogP contribution in [0.15, 0.2) is 41.4 Å². The molecule has 0 heterocycles. The minimum Gasteiger partial charge on any atom is -0.462 e. The van der Waals surface area contributed by atoms with E-state index in [1.807, 2.05) is 12.1 Å². The van der Waals surface area contributed by atoms with E-state index in [4.69, 9.17) is 4.74 Å². The van der Waals surface area contributed by atoms with Crippen molar-refractivity contribution in [3.8, 4) is 0 Å². The van der Waals surface area contributed by atoms with Gasteiger partial charge in [0.05, 0.1) is 18.7 Å². The number of nitrogens with one attached hydrogen (secondary N) is 2. The van der Waals surface area contributed by atoms with Gasteiger partial charge in [-0.25, -0.2) is 9.79 Å². The third-order valence-corrected chi connectivity index (χ3v) is 3.58. The van der Waals surface area contributed by atoms with E-state index in [1.54, 1.807) is 19.1 Å². The molecule has 0 bridgehead atoms. The first-order valence-corrected chi connectivity index (χ1v) is 8.18. The van der Waals surface area contributed by atoms with Crippen molar-refractivity contribution in [2.75, 3.05) is 13.2 Å². The minimum atomic E-state index is -0.286. The zero-order valence-corrected chi connectivity index (χ0v) is 13.8. The highest BCUT2D eigenvalue weighted by molar-refractivity contribution is 5.89. The highest BCUT2D eigenvalue weighted by Crippen LogP contribution is 2.10. The van der Waals surface area contributed by atoms with Crippen molar-refractivity contribution in [1.82, 2.24) is 10.6 Å². The Kier molecular flexibility index (Phi) is 6.66. The first-order valence-electron chi connectivity index (χ1n) is 8.18. The largest absolute Gasteiger partial charge is 0.462 e. The van der Waals surface area contributed by atoms with Gasteiger partial charge in [0.1, 0.15) is 0 Å². The molecule has 0 atom stereocenters. The number of aliphatic imine (C=N–C) groups is 1. The second-order valence-corrected chi connectivity index (χ2v) is 5.40. The summed E-state index contributed by atoms with van der Waals surface area (Å²) in [5.41, 5.74) is 1.63. The van der Waals surface area contributed by atoms with Gasteiger partial charge in [0.2, 0.25) is 0 Å². The molecule has 0 amide bonds. The number of guanidine groups is 1. The predicted molar refractivity (Wildman–Crippen MR) is 92.5 cm³/mol. The molecule has 0 fully saturated rings. The summed E-state index contributed by atoms with van der Waals surface area (Å²) in [5.74, 6) is 0.543. The van der Waals surface area contributed by atoms with Gasteiger partial charge >= 0.3 is 5.97 Å². The summed E-state index contributed by atoms with van der Waals surface area (Å²) in [5, 5.41) is 6.70. The molecule has 0 aliphatic heterocycles. The molecular formula is C18H25N3O2. The number of carbonyl (C=O) groups is 1. The second-order valence-electron chi connectivity index (χ2n) is 5.40. The molecule has 5 heteroatoms. The number of hydrogen-bond acceptors (Lipinski definition) is 3. The predicted octanol–water partition coefficient (Wildman–Crippen LogP) is 2.64. The molecule has 1 aromatic rings. The summed E-state index contributed by atoms with van der Waals surface area (Å²) in [7, 11) is 0. The SMILES string of the molecule is CCNC(=NCc1ccc(C(=O)OCC)cc1)NC1CC=CC1.